The van der Waals surface area contributed by atoms with Gasteiger partial charge < -0.3 is 13.3 Å². The van der Waals surface area contributed by atoms with Crippen LogP contribution in [0.25, 0.3) is 11.1 Å². The third kappa shape index (κ3) is 3.62. The molecular formula is C17H21FO3Si. The normalized spacial score (nSPS) is 11.6. The van der Waals surface area contributed by atoms with Crippen LogP contribution in [0.3, 0.4) is 0 Å². The van der Waals surface area contributed by atoms with E-state index >= 15 is 0 Å². The zero-order valence-corrected chi connectivity index (χ0v) is 14.1. The molecule has 0 N–H and O–H groups in total. The van der Waals surface area contributed by atoms with Gasteiger partial charge in [-0.25, -0.2) is 4.39 Å². The molecule has 0 spiro atoms. The molecule has 0 aliphatic heterocycles. The first-order valence-electron chi connectivity index (χ1n) is 7.34. The van der Waals surface area contributed by atoms with E-state index in [1.165, 1.54) is 12.1 Å². The van der Waals surface area contributed by atoms with Gasteiger partial charge in [0, 0.05) is 25.5 Å². The van der Waals surface area contributed by atoms with Gasteiger partial charge in [0.25, 0.3) is 0 Å². The third-order valence-electron chi connectivity index (χ3n) is 3.35. The van der Waals surface area contributed by atoms with E-state index < -0.39 is 8.80 Å². The van der Waals surface area contributed by atoms with Crippen molar-refractivity contribution in [3.63, 3.8) is 0 Å². The van der Waals surface area contributed by atoms with Crippen LogP contribution in [0, 0.1) is 5.82 Å². The zero-order valence-electron chi connectivity index (χ0n) is 13.1. The van der Waals surface area contributed by atoms with Crippen molar-refractivity contribution in [1.82, 2.24) is 0 Å². The van der Waals surface area contributed by atoms with Crippen molar-refractivity contribution >= 4 is 14.0 Å². The molecule has 0 amide bonds. The highest BCUT2D eigenvalue weighted by molar-refractivity contribution is 6.75. The summed E-state index contributed by atoms with van der Waals surface area (Å²) in [6.45, 7) is 4.90. The molecule has 0 unspecified atom stereocenters. The van der Waals surface area contributed by atoms with E-state index in [2.05, 4.69) is 0 Å². The van der Waals surface area contributed by atoms with Crippen LogP contribution in [-0.4, -0.2) is 29.1 Å². The number of hydrogen-bond acceptors (Lipinski definition) is 3. The van der Waals surface area contributed by atoms with Gasteiger partial charge in [-0.05, 0) is 37.1 Å². The Balaban J connectivity index is 2.31. The largest absolute Gasteiger partial charge is 0.536 e. The molecule has 5 heteroatoms. The molecule has 22 heavy (non-hydrogen) atoms. The van der Waals surface area contributed by atoms with Crippen LogP contribution in [0.15, 0.2) is 48.5 Å². The van der Waals surface area contributed by atoms with Crippen LogP contribution >= 0.6 is 0 Å². The number of hydrogen-bond donors (Lipinski definition) is 0. The van der Waals surface area contributed by atoms with Gasteiger partial charge in [0.1, 0.15) is 5.82 Å². The fourth-order valence-corrected chi connectivity index (χ4v) is 4.56. The van der Waals surface area contributed by atoms with Gasteiger partial charge in [-0.15, -0.1) is 0 Å². The third-order valence-corrected chi connectivity index (χ3v) is 6.27. The summed E-state index contributed by atoms with van der Waals surface area (Å²) >= 11 is 0. The quantitative estimate of drug-likeness (QED) is 0.732. The lowest BCUT2D eigenvalue weighted by Crippen LogP contribution is -2.56. The minimum atomic E-state index is -2.84. The van der Waals surface area contributed by atoms with Crippen molar-refractivity contribution in [3.05, 3.63) is 54.3 Å². The molecule has 0 aliphatic rings. The first-order chi connectivity index (χ1) is 10.6. The van der Waals surface area contributed by atoms with Crippen molar-refractivity contribution in [3.8, 4) is 11.1 Å². The molecular weight excluding hydrogens is 299 g/mol. The van der Waals surface area contributed by atoms with Gasteiger partial charge in [-0.2, -0.15) is 0 Å². The lowest BCUT2D eigenvalue weighted by atomic mass is 10.1. The summed E-state index contributed by atoms with van der Waals surface area (Å²) in [5.74, 6) is -0.237. The molecule has 2 rings (SSSR count). The van der Waals surface area contributed by atoms with Gasteiger partial charge in [0.2, 0.25) is 0 Å². The second-order valence-corrected chi connectivity index (χ2v) is 7.39. The van der Waals surface area contributed by atoms with E-state index in [0.717, 1.165) is 16.3 Å². The molecule has 0 fully saturated rings. The van der Waals surface area contributed by atoms with E-state index in [4.69, 9.17) is 13.3 Å². The molecule has 0 atom stereocenters. The van der Waals surface area contributed by atoms with Crippen molar-refractivity contribution in [1.29, 1.82) is 0 Å². The van der Waals surface area contributed by atoms with Crippen molar-refractivity contribution in [2.75, 3.05) is 20.3 Å². The Morgan fingerprint density at radius 2 is 1.27 bits per heavy atom. The first-order valence-corrected chi connectivity index (χ1v) is 9.07. The van der Waals surface area contributed by atoms with Gasteiger partial charge >= 0.3 is 8.80 Å². The molecule has 2 aromatic carbocycles. The molecule has 0 radical (unpaired) electrons. The molecule has 0 aromatic heterocycles. The molecule has 0 saturated heterocycles. The summed E-state index contributed by atoms with van der Waals surface area (Å²) in [5.41, 5.74) is 1.97. The highest BCUT2D eigenvalue weighted by Gasteiger charge is 2.42. The minimum absolute atomic E-state index is 0.237. The second kappa shape index (κ2) is 7.65. The molecule has 2 aromatic rings. The molecule has 3 nitrogen and oxygen atoms in total. The van der Waals surface area contributed by atoms with E-state index in [9.17, 15) is 4.39 Å². The molecule has 0 saturated carbocycles. The van der Waals surface area contributed by atoms with Crippen molar-refractivity contribution < 1.29 is 17.7 Å². The summed E-state index contributed by atoms with van der Waals surface area (Å²) in [4.78, 5) is 0. The van der Waals surface area contributed by atoms with Crippen LogP contribution in [0.1, 0.15) is 13.8 Å². The maximum Gasteiger partial charge on any atom is 0.536 e. The average Bonchev–Trinajstić information content (AvgIpc) is 2.55. The Labute approximate surface area is 132 Å². The Morgan fingerprint density at radius 1 is 0.818 bits per heavy atom. The van der Waals surface area contributed by atoms with E-state index in [0.29, 0.717) is 13.2 Å². The lowest BCUT2D eigenvalue weighted by Gasteiger charge is -2.27. The highest BCUT2D eigenvalue weighted by Crippen LogP contribution is 2.20. The van der Waals surface area contributed by atoms with E-state index in [-0.39, 0.29) is 5.82 Å². The molecule has 0 bridgehead atoms. The summed E-state index contributed by atoms with van der Waals surface area (Å²) in [6.07, 6.45) is 0. The van der Waals surface area contributed by atoms with Crippen LogP contribution in [0.4, 0.5) is 4.39 Å². The smallest absolute Gasteiger partial charge is 0.373 e. The van der Waals surface area contributed by atoms with E-state index in [1.807, 2.05) is 38.1 Å². The van der Waals surface area contributed by atoms with Gasteiger partial charge in [0.15, 0.2) is 0 Å². The molecule has 0 aliphatic carbocycles. The Hall–Kier alpha value is -1.53. The predicted molar refractivity (Wildman–Crippen MR) is 87.5 cm³/mol. The first kappa shape index (κ1) is 16.8. The lowest BCUT2D eigenvalue weighted by molar-refractivity contribution is 0.102. The predicted octanol–water partition coefficient (Wildman–Crippen LogP) is 3.36. The molecule has 118 valence electrons. The fraction of sp³-hybridized carbons (Fsp3) is 0.294. The SMILES string of the molecule is CCO[Si](OC)(OCC)c1ccc(-c2ccc(F)cc2)cc1. The van der Waals surface area contributed by atoms with Crippen molar-refractivity contribution in [2.45, 2.75) is 13.8 Å². The summed E-state index contributed by atoms with van der Waals surface area (Å²) in [5, 5.41) is 0.921. The average molecular weight is 320 g/mol. The summed E-state index contributed by atoms with van der Waals surface area (Å²) in [7, 11) is -1.22. The van der Waals surface area contributed by atoms with Gasteiger partial charge in [0.05, 0.1) is 0 Å². The second-order valence-electron chi connectivity index (χ2n) is 4.71. The monoisotopic (exact) mass is 320 g/mol. The Kier molecular flexibility index (Phi) is 5.85. The Bertz CT molecular complexity index is 578. The van der Waals surface area contributed by atoms with Crippen LogP contribution < -0.4 is 5.19 Å². The van der Waals surface area contributed by atoms with Gasteiger partial charge in [-0.3, -0.25) is 0 Å². The molecule has 0 heterocycles. The number of halogens is 1. The number of rotatable bonds is 7. The van der Waals surface area contributed by atoms with Crippen molar-refractivity contribution in [2.24, 2.45) is 0 Å². The minimum Gasteiger partial charge on any atom is -0.373 e. The summed E-state index contributed by atoms with van der Waals surface area (Å²) in [6, 6.07) is 14.3. The van der Waals surface area contributed by atoms with Gasteiger partial charge in [-0.1, -0.05) is 36.4 Å². The van der Waals surface area contributed by atoms with Crippen LogP contribution in [-0.2, 0) is 13.3 Å². The zero-order chi connectivity index (χ0) is 16.0. The number of benzene rings is 2. The van der Waals surface area contributed by atoms with E-state index in [1.54, 1.807) is 19.2 Å². The Morgan fingerprint density at radius 3 is 1.68 bits per heavy atom. The summed E-state index contributed by atoms with van der Waals surface area (Å²) < 4.78 is 30.2. The van der Waals surface area contributed by atoms with Crippen LogP contribution in [0.2, 0.25) is 0 Å². The maximum atomic E-state index is 13.0. The highest BCUT2D eigenvalue weighted by atomic mass is 28.4. The standard InChI is InChI=1S/C17H21FO3Si/c1-4-20-22(19-3,21-5-2)17-12-8-15(9-13-17)14-6-10-16(18)11-7-14/h6-13H,4-5H2,1-3H3. The fourth-order valence-electron chi connectivity index (χ4n) is 2.33. The van der Waals surface area contributed by atoms with Crippen LogP contribution in [0.5, 0.6) is 0 Å². The topological polar surface area (TPSA) is 27.7 Å². The maximum absolute atomic E-state index is 13.0.